The Balaban J connectivity index is 1.55. The lowest BCUT2D eigenvalue weighted by molar-refractivity contribution is -0.137. The number of aryl methyl sites for hydroxylation is 1. The van der Waals surface area contributed by atoms with Crippen molar-refractivity contribution in [3.8, 4) is 22.6 Å². The van der Waals surface area contributed by atoms with E-state index in [-0.39, 0.29) is 30.3 Å². The number of fused-ring (bicyclic) bond motifs is 2. The number of aromatic amines is 1. The molecular formula is C27H24N2O6. The van der Waals surface area contributed by atoms with E-state index < -0.39 is 5.97 Å². The number of hydrogen-bond acceptors (Lipinski definition) is 5. The second-order valence-corrected chi connectivity index (χ2v) is 8.70. The molecule has 0 spiro atoms. The minimum absolute atomic E-state index is 0.0118. The number of ketones is 1. The number of aromatic hydroxyl groups is 1. The second kappa shape index (κ2) is 8.79. The van der Waals surface area contributed by atoms with Crippen molar-refractivity contribution < 1.29 is 29.3 Å². The maximum atomic E-state index is 12.9. The molecule has 0 atom stereocenters. The Morgan fingerprint density at radius 1 is 1.11 bits per heavy atom. The Bertz CT molecular complexity index is 1420. The largest absolute Gasteiger partial charge is 0.504 e. The van der Waals surface area contributed by atoms with E-state index in [1.807, 2.05) is 18.2 Å². The van der Waals surface area contributed by atoms with Crippen molar-refractivity contribution >= 4 is 35.0 Å². The molecule has 8 heteroatoms. The van der Waals surface area contributed by atoms with Crippen LogP contribution in [0.5, 0.6) is 11.5 Å². The Labute approximate surface area is 201 Å². The summed E-state index contributed by atoms with van der Waals surface area (Å²) in [7, 11) is 1.48. The van der Waals surface area contributed by atoms with Crippen LogP contribution >= 0.6 is 0 Å². The van der Waals surface area contributed by atoms with Gasteiger partial charge in [0.1, 0.15) is 0 Å². The van der Waals surface area contributed by atoms with Crippen molar-refractivity contribution in [3.63, 3.8) is 0 Å². The molecule has 3 aromatic rings. The Kier molecular flexibility index (Phi) is 5.64. The van der Waals surface area contributed by atoms with E-state index in [1.165, 1.54) is 7.11 Å². The van der Waals surface area contributed by atoms with Crippen molar-refractivity contribution in [3.05, 3.63) is 64.5 Å². The number of rotatable bonds is 6. The average molecular weight is 472 g/mol. The van der Waals surface area contributed by atoms with Gasteiger partial charge in [-0.2, -0.15) is 0 Å². The van der Waals surface area contributed by atoms with Gasteiger partial charge >= 0.3 is 5.97 Å². The first-order chi connectivity index (χ1) is 16.9. The number of aromatic nitrogens is 1. The number of carbonyl (C=O) groups is 3. The third-order valence-electron chi connectivity index (χ3n) is 6.52. The van der Waals surface area contributed by atoms with E-state index in [0.717, 1.165) is 23.2 Å². The number of phenols is 1. The highest BCUT2D eigenvalue weighted by molar-refractivity contribution is 6.35. The molecule has 5 rings (SSSR count). The number of H-pyrrole nitrogens is 1. The first kappa shape index (κ1) is 22.5. The first-order valence-corrected chi connectivity index (χ1v) is 11.4. The SMILES string of the molecule is COc1cc(-c2ccc3c(c2)NC(=O)C3=Cc2[nH]c3c(c2CCC(=O)O)C(=O)CCC3)ccc1O. The number of anilines is 1. The highest BCUT2D eigenvalue weighted by atomic mass is 16.5. The summed E-state index contributed by atoms with van der Waals surface area (Å²) in [5, 5.41) is 22.0. The monoisotopic (exact) mass is 472 g/mol. The van der Waals surface area contributed by atoms with Gasteiger partial charge in [0.2, 0.25) is 0 Å². The summed E-state index contributed by atoms with van der Waals surface area (Å²) >= 11 is 0. The summed E-state index contributed by atoms with van der Waals surface area (Å²) < 4.78 is 5.20. The van der Waals surface area contributed by atoms with E-state index in [0.29, 0.717) is 52.2 Å². The number of ether oxygens (including phenoxy) is 1. The normalized spacial score (nSPS) is 15.6. The van der Waals surface area contributed by atoms with Crippen molar-refractivity contribution in [2.45, 2.75) is 32.1 Å². The minimum atomic E-state index is -0.941. The zero-order valence-electron chi connectivity index (χ0n) is 19.1. The maximum absolute atomic E-state index is 12.9. The number of nitrogens with one attached hydrogen (secondary N) is 2. The van der Waals surface area contributed by atoms with Gasteiger partial charge in [-0.1, -0.05) is 18.2 Å². The van der Waals surface area contributed by atoms with Crippen molar-refractivity contribution in [2.24, 2.45) is 0 Å². The van der Waals surface area contributed by atoms with Crippen molar-refractivity contribution in [2.75, 3.05) is 12.4 Å². The van der Waals surface area contributed by atoms with Gasteiger partial charge in [0.25, 0.3) is 5.91 Å². The fourth-order valence-electron chi connectivity index (χ4n) is 4.83. The molecule has 0 unspecified atom stereocenters. The highest BCUT2D eigenvalue weighted by Crippen LogP contribution is 2.39. The molecule has 35 heavy (non-hydrogen) atoms. The third-order valence-corrected chi connectivity index (χ3v) is 6.52. The van der Waals surface area contributed by atoms with Crippen LogP contribution in [0.2, 0.25) is 0 Å². The third kappa shape index (κ3) is 4.07. The number of phenolic OH excluding ortho intramolecular Hbond substituents is 1. The summed E-state index contributed by atoms with van der Waals surface area (Å²) in [4.78, 5) is 40.0. The molecule has 1 aliphatic heterocycles. The van der Waals surface area contributed by atoms with Crippen LogP contribution in [0.1, 0.15) is 52.1 Å². The fourth-order valence-corrected chi connectivity index (χ4v) is 4.83. The van der Waals surface area contributed by atoms with Crippen LogP contribution in [0.15, 0.2) is 36.4 Å². The number of Topliss-reactive ketones (excluding diaryl/α,β-unsaturated/α-hetero) is 1. The molecule has 1 aromatic heterocycles. The smallest absolute Gasteiger partial charge is 0.303 e. The van der Waals surface area contributed by atoms with Crippen LogP contribution in [-0.4, -0.2) is 40.0 Å². The number of carboxylic acid groups (broad SMARTS) is 1. The number of benzene rings is 2. The summed E-state index contributed by atoms with van der Waals surface area (Å²) in [6.45, 7) is 0. The van der Waals surface area contributed by atoms with Crippen LogP contribution in [0.4, 0.5) is 5.69 Å². The van der Waals surface area contributed by atoms with Gasteiger partial charge in [-0.05, 0) is 60.2 Å². The summed E-state index contributed by atoms with van der Waals surface area (Å²) in [5.74, 6) is -0.806. The summed E-state index contributed by atoms with van der Waals surface area (Å²) in [5.41, 5.74) is 6.12. The van der Waals surface area contributed by atoms with Gasteiger partial charge in [0.05, 0.1) is 12.7 Å². The standard InChI is InChI=1S/C27H24N2O6/c1-35-24-12-15(6-9-22(24)30)14-5-7-16-18(27(34)29-20(16)11-14)13-21-17(8-10-25(32)33)26-19(28-21)3-2-4-23(26)31/h5-7,9,11-13,28,30H,2-4,8,10H2,1H3,(H,29,34)(H,32,33). The molecule has 0 radical (unpaired) electrons. The molecule has 1 aliphatic carbocycles. The molecule has 1 amide bonds. The van der Waals surface area contributed by atoms with Crippen LogP contribution in [0.3, 0.4) is 0 Å². The number of carbonyl (C=O) groups excluding carboxylic acids is 2. The zero-order valence-corrected chi connectivity index (χ0v) is 19.1. The van der Waals surface area contributed by atoms with E-state index in [2.05, 4.69) is 10.3 Å². The number of methoxy groups -OCH3 is 1. The molecule has 0 saturated carbocycles. The van der Waals surface area contributed by atoms with Gasteiger partial charge in [-0.15, -0.1) is 0 Å². The van der Waals surface area contributed by atoms with Crippen LogP contribution in [0, 0.1) is 0 Å². The predicted molar refractivity (Wildman–Crippen MR) is 131 cm³/mol. The van der Waals surface area contributed by atoms with E-state index >= 15 is 0 Å². The first-order valence-electron chi connectivity index (χ1n) is 11.4. The summed E-state index contributed by atoms with van der Waals surface area (Å²) in [6, 6.07) is 10.6. The summed E-state index contributed by atoms with van der Waals surface area (Å²) in [6.07, 6.45) is 3.72. The number of hydrogen-bond donors (Lipinski definition) is 4. The molecule has 4 N–H and O–H groups in total. The molecule has 0 fully saturated rings. The maximum Gasteiger partial charge on any atom is 0.303 e. The van der Waals surface area contributed by atoms with Crippen LogP contribution < -0.4 is 10.1 Å². The number of carboxylic acids is 1. The van der Waals surface area contributed by atoms with Crippen molar-refractivity contribution in [1.82, 2.24) is 4.98 Å². The quantitative estimate of drug-likeness (QED) is 0.393. The molecule has 0 saturated heterocycles. The Hall–Kier alpha value is -4.33. The lowest BCUT2D eigenvalue weighted by Gasteiger charge is -2.11. The van der Waals surface area contributed by atoms with Crippen LogP contribution in [0.25, 0.3) is 22.8 Å². The fraction of sp³-hybridized carbons (Fsp3) is 0.222. The molecule has 0 bridgehead atoms. The molecule has 2 heterocycles. The van der Waals surface area contributed by atoms with E-state index in [1.54, 1.807) is 24.3 Å². The molecule has 178 valence electrons. The van der Waals surface area contributed by atoms with Gasteiger partial charge in [-0.25, -0.2) is 0 Å². The molecular weight excluding hydrogens is 448 g/mol. The van der Waals surface area contributed by atoms with Gasteiger partial charge in [-0.3, -0.25) is 14.4 Å². The number of amides is 1. The van der Waals surface area contributed by atoms with Gasteiger partial charge in [0, 0.05) is 41.0 Å². The van der Waals surface area contributed by atoms with Gasteiger partial charge in [0.15, 0.2) is 17.3 Å². The van der Waals surface area contributed by atoms with Crippen molar-refractivity contribution in [1.29, 1.82) is 0 Å². The topological polar surface area (TPSA) is 129 Å². The lowest BCUT2D eigenvalue weighted by atomic mass is 9.91. The van der Waals surface area contributed by atoms with E-state index in [9.17, 15) is 24.6 Å². The predicted octanol–water partition coefficient (Wildman–Crippen LogP) is 4.42. The Morgan fingerprint density at radius 2 is 1.89 bits per heavy atom. The molecule has 2 aliphatic rings. The highest BCUT2D eigenvalue weighted by Gasteiger charge is 2.29. The average Bonchev–Trinajstić information content (AvgIpc) is 3.35. The number of aliphatic carboxylic acids is 1. The van der Waals surface area contributed by atoms with Gasteiger partial charge < -0.3 is 25.3 Å². The Morgan fingerprint density at radius 3 is 2.66 bits per heavy atom. The zero-order chi connectivity index (χ0) is 24.7. The minimum Gasteiger partial charge on any atom is -0.504 e. The van der Waals surface area contributed by atoms with Crippen LogP contribution in [-0.2, 0) is 22.4 Å². The molecule has 8 nitrogen and oxygen atoms in total. The molecule has 2 aromatic carbocycles. The lowest BCUT2D eigenvalue weighted by Crippen LogP contribution is -2.11. The van der Waals surface area contributed by atoms with E-state index in [4.69, 9.17) is 4.74 Å². The second-order valence-electron chi connectivity index (χ2n) is 8.70.